The van der Waals surface area contributed by atoms with Crippen LogP contribution in [-0.4, -0.2) is 11.8 Å². The Morgan fingerprint density at radius 3 is 2.84 bits per heavy atom. The van der Waals surface area contributed by atoms with Gasteiger partial charge in [-0.15, -0.1) is 0 Å². The Kier molecular flexibility index (Phi) is 5.04. The summed E-state index contributed by atoms with van der Waals surface area (Å²) >= 11 is 1.59. The predicted octanol–water partition coefficient (Wildman–Crippen LogP) is 4.24. The van der Waals surface area contributed by atoms with E-state index in [1.165, 1.54) is 11.1 Å². The van der Waals surface area contributed by atoms with Gasteiger partial charge >= 0.3 is 0 Å². The highest BCUT2D eigenvalue weighted by Crippen LogP contribution is 2.17. The van der Waals surface area contributed by atoms with Gasteiger partial charge in [0.05, 0.1) is 5.70 Å². The smallest absolute Gasteiger partial charge is 0.251 e. The van der Waals surface area contributed by atoms with Crippen LogP contribution in [-0.2, 0) is 10.5 Å². The molecule has 19 heavy (non-hydrogen) atoms. The maximum atomic E-state index is 5.60. The van der Waals surface area contributed by atoms with Crippen LogP contribution in [0.4, 0.5) is 0 Å². The van der Waals surface area contributed by atoms with E-state index in [4.69, 9.17) is 4.74 Å². The van der Waals surface area contributed by atoms with Crippen molar-refractivity contribution in [3.8, 4) is 0 Å². The normalized spacial score (nSPS) is 18.6. The fourth-order valence-corrected chi connectivity index (χ4v) is 2.33. The van der Waals surface area contributed by atoms with Crippen molar-refractivity contribution in [1.29, 1.82) is 0 Å². The van der Waals surface area contributed by atoms with Gasteiger partial charge in [-0.1, -0.05) is 60.3 Å². The van der Waals surface area contributed by atoms with Gasteiger partial charge < -0.3 is 4.74 Å². The number of hydrogen-bond acceptors (Lipinski definition) is 3. The number of allylic oxidation sites excluding steroid dienone is 3. The van der Waals surface area contributed by atoms with Crippen LogP contribution < -0.4 is 0 Å². The van der Waals surface area contributed by atoms with E-state index in [1.54, 1.807) is 11.8 Å². The number of aryl methyl sites for hydroxylation is 1. The van der Waals surface area contributed by atoms with E-state index in [1.807, 2.05) is 24.3 Å². The van der Waals surface area contributed by atoms with Crippen molar-refractivity contribution >= 4 is 17.0 Å². The molecule has 0 saturated heterocycles. The van der Waals surface area contributed by atoms with Gasteiger partial charge in [0.25, 0.3) is 5.23 Å². The van der Waals surface area contributed by atoms with Gasteiger partial charge in [0.2, 0.25) is 0 Å². The lowest BCUT2D eigenvalue weighted by Crippen LogP contribution is -2.01. The summed E-state index contributed by atoms with van der Waals surface area (Å²) in [7, 11) is 0. The summed E-state index contributed by atoms with van der Waals surface area (Å²) in [6, 6.07) is 8.50. The molecule has 2 nitrogen and oxygen atoms in total. The second kappa shape index (κ2) is 7.00. The van der Waals surface area contributed by atoms with Crippen LogP contribution in [0, 0.1) is 6.92 Å². The number of aliphatic imine (C=N–C) groups is 1. The molecule has 0 spiro atoms. The molecule has 98 valence electrons. The Labute approximate surface area is 118 Å². The van der Waals surface area contributed by atoms with Crippen LogP contribution in [0.1, 0.15) is 11.1 Å². The fraction of sp³-hybridized carbons (Fsp3) is 0.188. The first kappa shape index (κ1) is 13.7. The molecule has 1 aliphatic heterocycles. The highest BCUT2D eigenvalue weighted by atomic mass is 32.2. The molecule has 0 saturated carbocycles. The van der Waals surface area contributed by atoms with E-state index in [0.29, 0.717) is 17.5 Å². The van der Waals surface area contributed by atoms with Gasteiger partial charge in [-0.2, -0.15) is 0 Å². The average molecular weight is 271 g/mol. The lowest BCUT2D eigenvalue weighted by molar-refractivity contribution is 0.361. The van der Waals surface area contributed by atoms with E-state index in [2.05, 4.69) is 42.8 Å². The molecule has 1 aromatic carbocycles. The van der Waals surface area contributed by atoms with Crippen LogP contribution in [0.5, 0.6) is 0 Å². The molecular formula is C16H17NOS. The third kappa shape index (κ3) is 4.79. The second-order valence-electron chi connectivity index (χ2n) is 4.24. The number of ether oxygens (including phenoxy) is 1. The molecule has 0 fully saturated rings. The fourth-order valence-electron chi connectivity index (χ4n) is 1.51. The number of benzene rings is 1. The van der Waals surface area contributed by atoms with Crippen LogP contribution in [0.2, 0.25) is 0 Å². The molecule has 1 aliphatic rings. The van der Waals surface area contributed by atoms with Gasteiger partial charge in [0.15, 0.2) is 0 Å². The zero-order valence-electron chi connectivity index (χ0n) is 11.0. The maximum absolute atomic E-state index is 5.60. The van der Waals surface area contributed by atoms with Crippen molar-refractivity contribution in [1.82, 2.24) is 0 Å². The highest BCUT2D eigenvalue weighted by molar-refractivity contribution is 8.12. The van der Waals surface area contributed by atoms with E-state index in [-0.39, 0.29) is 0 Å². The number of hydrogen-bond donors (Lipinski definition) is 0. The lowest BCUT2D eigenvalue weighted by Gasteiger charge is -2.07. The Morgan fingerprint density at radius 2 is 2.05 bits per heavy atom. The molecule has 1 aromatic rings. The summed E-state index contributed by atoms with van der Waals surface area (Å²) in [5.74, 6) is 0.847. The van der Waals surface area contributed by atoms with Crippen molar-refractivity contribution in [2.75, 3.05) is 6.61 Å². The first-order valence-corrected chi connectivity index (χ1v) is 7.14. The minimum Gasteiger partial charge on any atom is -0.469 e. The number of rotatable bonds is 2. The SMILES string of the molecule is C=C1/C=C\C=C/COC(SCc2ccc(C)cc2)=N1. The quantitative estimate of drug-likeness (QED) is 0.802. The summed E-state index contributed by atoms with van der Waals surface area (Å²) < 4.78 is 5.60. The Morgan fingerprint density at radius 1 is 1.26 bits per heavy atom. The summed E-state index contributed by atoms with van der Waals surface area (Å²) in [5, 5.41) is 0.668. The Hall–Kier alpha value is -1.74. The zero-order chi connectivity index (χ0) is 13.5. The summed E-state index contributed by atoms with van der Waals surface area (Å²) in [6.45, 7) is 6.50. The van der Waals surface area contributed by atoms with Crippen LogP contribution in [0.15, 0.2) is 65.8 Å². The molecular weight excluding hydrogens is 254 g/mol. The predicted molar refractivity (Wildman–Crippen MR) is 83.3 cm³/mol. The standard InChI is InChI=1S/C16H17NOS/c1-13-7-9-15(10-8-13)12-19-16-17-14(2)6-4-3-5-11-18-16/h3-10H,2,11-12H2,1H3/b5-3-,6-4-,17-16?. The van der Waals surface area contributed by atoms with Crippen molar-refractivity contribution in [2.45, 2.75) is 12.7 Å². The topological polar surface area (TPSA) is 21.6 Å². The summed E-state index contributed by atoms with van der Waals surface area (Å²) in [4.78, 5) is 4.36. The molecule has 1 heterocycles. The average Bonchev–Trinajstić information content (AvgIpc) is 2.50. The first-order chi connectivity index (χ1) is 9.24. The molecule has 0 atom stereocenters. The summed E-state index contributed by atoms with van der Waals surface area (Å²) in [5.41, 5.74) is 3.24. The maximum Gasteiger partial charge on any atom is 0.251 e. The van der Waals surface area contributed by atoms with E-state index in [0.717, 1.165) is 5.75 Å². The van der Waals surface area contributed by atoms with Crippen molar-refractivity contribution in [3.63, 3.8) is 0 Å². The van der Waals surface area contributed by atoms with Crippen LogP contribution >= 0.6 is 11.8 Å². The second-order valence-corrected chi connectivity index (χ2v) is 5.17. The van der Waals surface area contributed by atoms with Crippen LogP contribution in [0.3, 0.4) is 0 Å². The van der Waals surface area contributed by atoms with E-state index in [9.17, 15) is 0 Å². The van der Waals surface area contributed by atoms with Gasteiger partial charge in [-0.25, -0.2) is 4.99 Å². The Balaban J connectivity index is 1.98. The molecule has 0 amide bonds. The van der Waals surface area contributed by atoms with Gasteiger partial charge in [-0.05, 0) is 24.6 Å². The van der Waals surface area contributed by atoms with Crippen molar-refractivity contribution in [2.24, 2.45) is 4.99 Å². The third-order valence-corrected chi connectivity index (χ3v) is 3.49. The zero-order valence-corrected chi connectivity index (χ0v) is 11.8. The number of thioether (sulfide) groups is 1. The summed E-state index contributed by atoms with van der Waals surface area (Å²) in [6.07, 6.45) is 7.69. The minimum absolute atomic E-state index is 0.539. The molecule has 0 aromatic heterocycles. The molecule has 0 radical (unpaired) electrons. The van der Waals surface area contributed by atoms with E-state index >= 15 is 0 Å². The van der Waals surface area contributed by atoms with E-state index < -0.39 is 0 Å². The Bertz CT molecular complexity index is 526. The number of nitrogens with zero attached hydrogens (tertiary/aromatic N) is 1. The monoisotopic (exact) mass is 271 g/mol. The van der Waals surface area contributed by atoms with Crippen molar-refractivity contribution < 1.29 is 4.74 Å². The molecule has 0 N–H and O–H groups in total. The van der Waals surface area contributed by atoms with Crippen LogP contribution in [0.25, 0.3) is 0 Å². The molecule has 0 unspecified atom stereocenters. The minimum atomic E-state index is 0.539. The third-order valence-electron chi connectivity index (χ3n) is 2.56. The largest absolute Gasteiger partial charge is 0.469 e. The van der Waals surface area contributed by atoms with Crippen molar-refractivity contribution in [3.05, 3.63) is 72.0 Å². The lowest BCUT2D eigenvalue weighted by atomic mass is 10.2. The van der Waals surface area contributed by atoms with Gasteiger partial charge in [0, 0.05) is 5.75 Å². The highest BCUT2D eigenvalue weighted by Gasteiger charge is 2.04. The first-order valence-electron chi connectivity index (χ1n) is 6.16. The molecule has 3 heteroatoms. The molecule has 2 rings (SSSR count). The van der Waals surface area contributed by atoms with Gasteiger partial charge in [-0.3, -0.25) is 0 Å². The molecule has 0 bridgehead atoms. The van der Waals surface area contributed by atoms with Gasteiger partial charge in [0.1, 0.15) is 6.61 Å². The molecule has 0 aliphatic carbocycles.